The first-order valence-corrected chi connectivity index (χ1v) is 11.5. The predicted octanol–water partition coefficient (Wildman–Crippen LogP) is 3.14. The molecule has 1 aliphatic carbocycles. The van der Waals surface area contributed by atoms with Crippen molar-refractivity contribution in [3.63, 3.8) is 0 Å². The van der Waals surface area contributed by atoms with Gasteiger partial charge in [-0.25, -0.2) is 22.5 Å². The van der Waals surface area contributed by atoms with Crippen LogP contribution in [0.15, 0.2) is 64.5 Å². The summed E-state index contributed by atoms with van der Waals surface area (Å²) < 4.78 is 43.8. The number of amides is 1. The van der Waals surface area contributed by atoms with Crippen molar-refractivity contribution in [1.82, 2.24) is 19.6 Å². The molecule has 30 heavy (non-hydrogen) atoms. The summed E-state index contributed by atoms with van der Waals surface area (Å²) in [6.07, 6.45) is 6.32. The fourth-order valence-corrected chi connectivity index (χ4v) is 4.64. The van der Waals surface area contributed by atoms with E-state index in [1.54, 1.807) is 29.1 Å². The summed E-state index contributed by atoms with van der Waals surface area (Å²) in [6, 6.07) is 8.90. The van der Waals surface area contributed by atoms with E-state index in [0.29, 0.717) is 15.7 Å². The van der Waals surface area contributed by atoms with E-state index in [9.17, 15) is 17.6 Å². The highest BCUT2D eigenvalue weighted by Crippen LogP contribution is 2.25. The Balaban J connectivity index is 1.47. The van der Waals surface area contributed by atoms with Crippen LogP contribution >= 0.6 is 15.9 Å². The number of sulfonamides is 1. The molecule has 2 N–H and O–H groups in total. The van der Waals surface area contributed by atoms with Crippen molar-refractivity contribution in [3.8, 4) is 5.69 Å². The molecule has 1 saturated carbocycles. The van der Waals surface area contributed by atoms with Crippen LogP contribution in [0.3, 0.4) is 0 Å². The lowest BCUT2D eigenvalue weighted by Gasteiger charge is -2.11. The number of carbonyl (C=O) groups is 1. The number of nitrogens with zero attached hydrogens (tertiary/aromatic N) is 2. The molecule has 4 rings (SSSR count). The predicted molar refractivity (Wildman–Crippen MR) is 112 cm³/mol. The number of benzene rings is 2. The lowest BCUT2D eigenvalue weighted by atomic mass is 10.1. The summed E-state index contributed by atoms with van der Waals surface area (Å²) in [4.78, 5) is 16.5. The Kier molecular flexibility index (Phi) is 5.72. The van der Waals surface area contributed by atoms with E-state index in [1.165, 1.54) is 30.6 Å². The molecular weight excluding hydrogens is 475 g/mol. The largest absolute Gasteiger partial charge is 0.348 e. The summed E-state index contributed by atoms with van der Waals surface area (Å²) >= 11 is 3.29. The molecule has 1 aliphatic rings. The molecule has 3 aromatic rings. The fourth-order valence-electron chi connectivity index (χ4n) is 2.88. The molecule has 0 aliphatic heterocycles. The van der Waals surface area contributed by atoms with Crippen LogP contribution in [0.4, 0.5) is 4.39 Å². The quantitative estimate of drug-likeness (QED) is 0.529. The molecule has 0 spiro atoms. The van der Waals surface area contributed by atoms with E-state index < -0.39 is 21.7 Å². The van der Waals surface area contributed by atoms with Crippen molar-refractivity contribution in [1.29, 1.82) is 0 Å². The number of hydrogen-bond acceptors (Lipinski definition) is 4. The van der Waals surface area contributed by atoms with Crippen LogP contribution in [0.1, 0.15) is 28.8 Å². The normalized spacial score (nSPS) is 13.9. The minimum absolute atomic E-state index is 0.0264. The Morgan fingerprint density at radius 3 is 2.70 bits per heavy atom. The Morgan fingerprint density at radius 2 is 2.03 bits per heavy atom. The molecule has 0 atom stereocenters. The van der Waals surface area contributed by atoms with Crippen LogP contribution < -0.4 is 10.0 Å². The van der Waals surface area contributed by atoms with E-state index >= 15 is 0 Å². The lowest BCUT2D eigenvalue weighted by molar-refractivity contribution is 0.0950. The van der Waals surface area contributed by atoms with Crippen molar-refractivity contribution >= 4 is 31.9 Å². The number of nitrogens with one attached hydrogen (secondary N) is 2. The summed E-state index contributed by atoms with van der Waals surface area (Å²) in [5, 5.41) is 2.70. The maximum absolute atomic E-state index is 14.4. The zero-order valence-electron chi connectivity index (χ0n) is 15.7. The van der Waals surface area contributed by atoms with Gasteiger partial charge in [-0.2, -0.15) is 0 Å². The van der Waals surface area contributed by atoms with Crippen molar-refractivity contribution in [3.05, 3.63) is 76.5 Å². The number of carbonyl (C=O) groups excluding carboxylic acids is 1. The zero-order valence-corrected chi connectivity index (χ0v) is 18.1. The van der Waals surface area contributed by atoms with Crippen molar-refractivity contribution < 1.29 is 17.6 Å². The molecular formula is C20H18BrFN4O3S. The van der Waals surface area contributed by atoms with Crippen molar-refractivity contribution in [2.75, 3.05) is 0 Å². The van der Waals surface area contributed by atoms with Gasteiger partial charge in [-0.1, -0.05) is 6.07 Å². The molecule has 1 fully saturated rings. The van der Waals surface area contributed by atoms with Gasteiger partial charge in [0, 0.05) is 29.5 Å². The van der Waals surface area contributed by atoms with Crippen LogP contribution in [0.25, 0.3) is 5.69 Å². The molecule has 0 radical (unpaired) electrons. The number of rotatable bonds is 7. The van der Waals surface area contributed by atoms with Crippen molar-refractivity contribution in [2.24, 2.45) is 0 Å². The molecule has 0 unspecified atom stereocenters. The highest BCUT2D eigenvalue weighted by Gasteiger charge is 2.28. The molecule has 10 heteroatoms. The van der Waals surface area contributed by atoms with Gasteiger partial charge in [0.15, 0.2) is 0 Å². The topological polar surface area (TPSA) is 93.1 Å². The monoisotopic (exact) mass is 492 g/mol. The van der Waals surface area contributed by atoms with Gasteiger partial charge in [-0.3, -0.25) is 4.79 Å². The Labute approximate surface area is 181 Å². The SMILES string of the molecule is O=C(NCc1ccc(-n2ccnc2)c(F)c1)c1cc(S(=O)(=O)NC2CC2)ccc1Br. The molecule has 1 amide bonds. The third kappa shape index (κ3) is 4.61. The number of aromatic nitrogens is 2. The van der Waals surface area contributed by atoms with Crippen LogP contribution in [-0.2, 0) is 16.6 Å². The van der Waals surface area contributed by atoms with E-state index in [0.717, 1.165) is 12.8 Å². The summed E-state index contributed by atoms with van der Waals surface area (Å²) in [5.41, 5.74) is 1.11. The van der Waals surface area contributed by atoms with Crippen LogP contribution in [0.5, 0.6) is 0 Å². The van der Waals surface area contributed by atoms with E-state index in [-0.39, 0.29) is 23.0 Å². The molecule has 156 valence electrons. The molecule has 2 aromatic carbocycles. The smallest absolute Gasteiger partial charge is 0.252 e. The first kappa shape index (κ1) is 20.7. The third-order valence-electron chi connectivity index (χ3n) is 4.64. The number of imidazole rings is 1. The van der Waals surface area contributed by atoms with Gasteiger partial charge >= 0.3 is 0 Å². The minimum Gasteiger partial charge on any atom is -0.348 e. The Hall–Kier alpha value is -2.56. The summed E-state index contributed by atoms with van der Waals surface area (Å²) in [5.74, 6) is -0.912. The standard InChI is InChI=1S/C20H18BrFN4O3S/c21-17-5-4-15(30(28,29)25-14-2-3-14)10-16(17)20(27)24-11-13-1-6-19(18(22)9-13)26-8-7-23-12-26/h1,4-10,12,14,25H,2-3,11H2,(H,24,27). The third-order valence-corrected chi connectivity index (χ3v) is 6.85. The second-order valence-corrected chi connectivity index (χ2v) is 9.54. The number of halogens is 2. The summed E-state index contributed by atoms with van der Waals surface area (Å²) in [6.45, 7) is 0.0870. The van der Waals surface area contributed by atoms with Gasteiger partial charge in [0.25, 0.3) is 5.91 Å². The molecule has 0 saturated heterocycles. The van der Waals surface area contributed by atoms with Crippen molar-refractivity contribution in [2.45, 2.75) is 30.3 Å². The highest BCUT2D eigenvalue weighted by molar-refractivity contribution is 9.10. The van der Waals surface area contributed by atoms with Gasteiger partial charge in [0.05, 0.1) is 22.5 Å². The summed E-state index contributed by atoms with van der Waals surface area (Å²) in [7, 11) is -3.68. The second kappa shape index (κ2) is 8.29. The van der Waals surface area contributed by atoms with Crippen LogP contribution in [0.2, 0.25) is 0 Å². The maximum Gasteiger partial charge on any atom is 0.252 e. The molecule has 1 heterocycles. The first-order valence-electron chi connectivity index (χ1n) is 9.20. The number of hydrogen-bond donors (Lipinski definition) is 2. The highest BCUT2D eigenvalue weighted by atomic mass is 79.9. The van der Waals surface area contributed by atoms with Gasteiger partial charge in [-0.05, 0) is 64.7 Å². The van der Waals surface area contributed by atoms with Crippen LogP contribution in [0, 0.1) is 5.82 Å². The molecule has 1 aromatic heterocycles. The van der Waals surface area contributed by atoms with Gasteiger partial charge in [-0.15, -0.1) is 0 Å². The fraction of sp³-hybridized carbons (Fsp3) is 0.200. The second-order valence-electron chi connectivity index (χ2n) is 6.98. The Morgan fingerprint density at radius 1 is 1.23 bits per heavy atom. The molecule has 0 bridgehead atoms. The van der Waals surface area contributed by atoms with E-state index in [4.69, 9.17) is 0 Å². The van der Waals surface area contributed by atoms with Gasteiger partial charge in [0.1, 0.15) is 5.82 Å². The Bertz CT molecular complexity index is 1190. The van der Waals surface area contributed by atoms with Gasteiger partial charge < -0.3 is 9.88 Å². The van der Waals surface area contributed by atoms with Gasteiger partial charge in [0.2, 0.25) is 10.0 Å². The van der Waals surface area contributed by atoms with E-state index in [1.807, 2.05) is 0 Å². The first-order chi connectivity index (χ1) is 14.3. The minimum atomic E-state index is -3.68. The zero-order chi connectivity index (χ0) is 21.3. The average molecular weight is 493 g/mol. The molecule has 7 nitrogen and oxygen atoms in total. The van der Waals surface area contributed by atoms with Crippen LogP contribution in [-0.4, -0.2) is 29.9 Å². The maximum atomic E-state index is 14.4. The average Bonchev–Trinajstić information content (AvgIpc) is 3.34. The van der Waals surface area contributed by atoms with E-state index in [2.05, 4.69) is 31.0 Å². The lowest BCUT2D eigenvalue weighted by Crippen LogP contribution is -2.27.